The molecule has 2 heterocycles. The van der Waals surface area contributed by atoms with Crippen molar-refractivity contribution in [2.45, 2.75) is 46.2 Å². The number of carbonyl (C=O) groups is 2. The highest BCUT2D eigenvalue weighted by molar-refractivity contribution is 7.91. The average molecular weight is 433 g/mol. The Hall–Kier alpha value is -2.61. The molecule has 1 aliphatic rings. The number of para-hydroxylation sites is 1. The number of aryl methyl sites for hydroxylation is 1. The molecule has 1 saturated heterocycles. The van der Waals surface area contributed by atoms with E-state index in [0.29, 0.717) is 17.7 Å². The highest BCUT2D eigenvalue weighted by Crippen LogP contribution is 2.25. The van der Waals surface area contributed by atoms with Gasteiger partial charge in [-0.25, -0.2) is 13.2 Å². The fourth-order valence-corrected chi connectivity index (χ4v) is 5.88. The third-order valence-corrected chi connectivity index (χ3v) is 7.17. The van der Waals surface area contributed by atoms with Crippen LogP contribution in [0.25, 0.3) is 0 Å². The van der Waals surface area contributed by atoms with Crippen molar-refractivity contribution in [3.8, 4) is 0 Å². The van der Waals surface area contributed by atoms with Crippen molar-refractivity contribution < 1.29 is 22.7 Å². The van der Waals surface area contributed by atoms with Crippen LogP contribution in [-0.4, -0.2) is 49.0 Å². The lowest BCUT2D eigenvalue weighted by molar-refractivity contribution is -0.122. The van der Waals surface area contributed by atoms with Crippen molar-refractivity contribution in [1.82, 2.24) is 4.57 Å². The fraction of sp³-hybridized carbons (Fsp3) is 0.455. The molecule has 1 aliphatic heterocycles. The number of benzene rings is 1. The minimum absolute atomic E-state index is 0.0509. The van der Waals surface area contributed by atoms with Gasteiger partial charge >= 0.3 is 5.97 Å². The van der Waals surface area contributed by atoms with Crippen molar-refractivity contribution >= 4 is 27.4 Å². The van der Waals surface area contributed by atoms with Gasteiger partial charge in [-0.15, -0.1) is 0 Å². The molecular formula is C22H28N2O5S. The van der Waals surface area contributed by atoms with Gasteiger partial charge in [-0.3, -0.25) is 4.79 Å². The van der Waals surface area contributed by atoms with Gasteiger partial charge in [0.05, 0.1) is 23.1 Å². The Kier molecular flexibility index (Phi) is 6.36. The van der Waals surface area contributed by atoms with Crippen LogP contribution < -0.4 is 4.90 Å². The molecule has 30 heavy (non-hydrogen) atoms. The summed E-state index contributed by atoms with van der Waals surface area (Å²) in [5, 5.41) is 0. The van der Waals surface area contributed by atoms with Gasteiger partial charge < -0.3 is 14.2 Å². The maximum absolute atomic E-state index is 13.0. The van der Waals surface area contributed by atoms with Crippen LogP contribution in [0.3, 0.4) is 0 Å². The molecule has 1 aromatic carbocycles. The third kappa shape index (κ3) is 4.59. The molecule has 0 bridgehead atoms. The van der Waals surface area contributed by atoms with E-state index >= 15 is 0 Å². The van der Waals surface area contributed by atoms with Crippen molar-refractivity contribution in [2.75, 3.05) is 23.0 Å². The van der Waals surface area contributed by atoms with Crippen LogP contribution in [0.1, 0.15) is 48.1 Å². The van der Waals surface area contributed by atoms with Crippen LogP contribution in [0.2, 0.25) is 0 Å². The second kappa shape index (κ2) is 8.63. The average Bonchev–Trinajstić information content (AvgIpc) is 3.19. The SMILES string of the molecule is Cc1cc(C(=O)OCC(=O)N(c2ccccc2)[C@H]2CCS(=O)(=O)C2)c(C)n1C(C)C. The molecular weight excluding hydrogens is 404 g/mol. The first-order chi connectivity index (χ1) is 14.1. The number of carbonyl (C=O) groups excluding carboxylic acids is 2. The van der Waals surface area contributed by atoms with Gasteiger partial charge in [0.1, 0.15) is 0 Å². The molecule has 0 unspecified atom stereocenters. The number of aromatic nitrogens is 1. The molecule has 7 nitrogen and oxygen atoms in total. The number of nitrogens with zero attached hydrogens (tertiary/aromatic N) is 2. The quantitative estimate of drug-likeness (QED) is 0.655. The molecule has 0 N–H and O–H groups in total. The third-order valence-electron chi connectivity index (χ3n) is 5.42. The van der Waals surface area contributed by atoms with Gasteiger partial charge in [-0.1, -0.05) is 18.2 Å². The molecule has 8 heteroatoms. The smallest absolute Gasteiger partial charge is 0.340 e. The lowest BCUT2D eigenvalue weighted by Gasteiger charge is -2.28. The first-order valence-electron chi connectivity index (χ1n) is 10.0. The van der Waals surface area contributed by atoms with Crippen molar-refractivity contribution in [1.29, 1.82) is 0 Å². The molecule has 0 radical (unpaired) electrons. The normalized spacial score (nSPS) is 17.8. The first-order valence-corrected chi connectivity index (χ1v) is 11.9. The molecule has 0 spiro atoms. The van der Waals surface area contributed by atoms with E-state index in [2.05, 4.69) is 0 Å². The van der Waals surface area contributed by atoms with Gasteiger partial charge in [-0.2, -0.15) is 0 Å². The summed E-state index contributed by atoms with van der Waals surface area (Å²) < 4.78 is 31.3. The molecule has 1 aromatic heterocycles. The maximum Gasteiger partial charge on any atom is 0.340 e. The van der Waals surface area contributed by atoms with Crippen LogP contribution in [0, 0.1) is 13.8 Å². The Balaban J connectivity index is 1.77. The predicted octanol–water partition coefficient (Wildman–Crippen LogP) is 3.06. The van der Waals surface area contributed by atoms with Crippen LogP contribution in [-0.2, 0) is 19.4 Å². The van der Waals surface area contributed by atoms with E-state index in [1.807, 2.05) is 38.3 Å². The topological polar surface area (TPSA) is 85.7 Å². The van der Waals surface area contributed by atoms with Crippen LogP contribution >= 0.6 is 0 Å². The lowest BCUT2D eigenvalue weighted by atomic mass is 10.2. The van der Waals surface area contributed by atoms with E-state index in [9.17, 15) is 18.0 Å². The van der Waals surface area contributed by atoms with Gasteiger partial charge in [0.2, 0.25) is 0 Å². The summed E-state index contributed by atoms with van der Waals surface area (Å²) in [4.78, 5) is 27.1. The van der Waals surface area contributed by atoms with Crippen LogP contribution in [0.15, 0.2) is 36.4 Å². The summed E-state index contributed by atoms with van der Waals surface area (Å²) in [5.41, 5.74) is 2.77. The molecule has 1 amide bonds. The van der Waals surface area contributed by atoms with E-state index in [1.54, 1.807) is 30.3 Å². The van der Waals surface area contributed by atoms with Crippen molar-refractivity contribution in [2.24, 2.45) is 0 Å². The van der Waals surface area contributed by atoms with Crippen LogP contribution in [0.4, 0.5) is 5.69 Å². The highest BCUT2D eigenvalue weighted by atomic mass is 32.2. The Labute approximate surface area is 177 Å². The van der Waals surface area contributed by atoms with E-state index < -0.39 is 34.4 Å². The number of ether oxygens (including phenoxy) is 1. The zero-order valence-electron chi connectivity index (χ0n) is 17.8. The summed E-state index contributed by atoms with van der Waals surface area (Å²) in [6.07, 6.45) is 0.368. The molecule has 0 aliphatic carbocycles. The number of hydrogen-bond acceptors (Lipinski definition) is 5. The Bertz CT molecular complexity index is 1040. The minimum atomic E-state index is -3.18. The monoisotopic (exact) mass is 432 g/mol. The zero-order chi connectivity index (χ0) is 22.1. The second-order valence-corrected chi connectivity index (χ2v) is 10.2. The van der Waals surface area contributed by atoms with E-state index in [-0.39, 0.29) is 17.5 Å². The largest absolute Gasteiger partial charge is 0.452 e. The van der Waals surface area contributed by atoms with E-state index in [4.69, 9.17) is 4.74 Å². The molecule has 0 saturated carbocycles. The van der Waals surface area contributed by atoms with Crippen LogP contribution in [0.5, 0.6) is 0 Å². The van der Waals surface area contributed by atoms with E-state index in [1.165, 1.54) is 4.90 Å². The molecule has 1 atom stereocenters. The fourth-order valence-electron chi connectivity index (χ4n) is 4.18. The first kappa shape index (κ1) is 22.1. The maximum atomic E-state index is 13.0. The lowest BCUT2D eigenvalue weighted by Crippen LogP contribution is -2.43. The molecule has 1 fully saturated rings. The number of hydrogen-bond donors (Lipinski definition) is 0. The van der Waals surface area contributed by atoms with Gasteiger partial charge in [0.15, 0.2) is 16.4 Å². The summed E-state index contributed by atoms with van der Waals surface area (Å²) in [6, 6.07) is 10.4. The number of anilines is 1. The standard InChI is InChI=1S/C22H28N2O5S/c1-15(2)23-16(3)12-20(17(23)4)22(26)29-13-21(25)24(18-8-6-5-7-9-18)19-10-11-30(27,28)14-19/h5-9,12,15,19H,10-11,13-14H2,1-4H3/t19-/m0/s1. The summed E-state index contributed by atoms with van der Waals surface area (Å²) in [7, 11) is -3.18. The molecule has 162 valence electrons. The summed E-state index contributed by atoms with van der Waals surface area (Å²) in [5.74, 6) is -1.03. The highest BCUT2D eigenvalue weighted by Gasteiger charge is 2.36. The van der Waals surface area contributed by atoms with Gasteiger partial charge in [0, 0.05) is 23.1 Å². The number of esters is 1. The zero-order valence-corrected chi connectivity index (χ0v) is 18.6. The number of sulfone groups is 1. The predicted molar refractivity (Wildman–Crippen MR) is 116 cm³/mol. The van der Waals surface area contributed by atoms with Crippen molar-refractivity contribution in [3.05, 3.63) is 53.3 Å². The molecule has 2 aromatic rings. The summed E-state index contributed by atoms with van der Waals surface area (Å²) in [6.45, 7) is 7.39. The summed E-state index contributed by atoms with van der Waals surface area (Å²) >= 11 is 0. The second-order valence-electron chi connectivity index (χ2n) is 7.98. The van der Waals surface area contributed by atoms with E-state index in [0.717, 1.165) is 11.4 Å². The Morgan fingerprint density at radius 1 is 1.20 bits per heavy atom. The van der Waals surface area contributed by atoms with Crippen molar-refractivity contribution in [3.63, 3.8) is 0 Å². The Morgan fingerprint density at radius 2 is 1.87 bits per heavy atom. The number of amides is 1. The Morgan fingerprint density at radius 3 is 2.40 bits per heavy atom. The molecule has 3 rings (SSSR count). The minimum Gasteiger partial charge on any atom is -0.452 e. The number of rotatable bonds is 6. The van der Waals surface area contributed by atoms with Gasteiger partial charge in [-0.05, 0) is 52.3 Å². The van der Waals surface area contributed by atoms with Gasteiger partial charge in [0.25, 0.3) is 5.91 Å².